The largest absolute Gasteiger partial charge is 0.476 e. The second-order valence-electron chi connectivity index (χ2n) is 1.48. The van der Waals surface area contributed by atoms with E-state index in [2.05, 4.69) is 4.98 Å². The van der Waals surface area contributed by atoms with Gasteiger partial charge >= 0.3 is 5.97 Å². The second kappa shape index (κ2) is 6.41. The first-order valence-corrected chi connectivity index (χ1v) is 2.80. The molecule has 0 aromatic carbocycles. The molecule has 1 N–H and O–H groups in total. The van der Waals surface area contributed by atoms with Crippen molar-refractivity contribution in [3.8, 4) is 0 Å². The number of aromatic nitrogens is 1. The van der Waals surface area contributed by atoms with E-state index in [4.69, 9.17) is 14.7 Å². The van der Waals surface area contributed by atoms with Gasteiger partial charge in [0.05, 0.1) is 0 Å². The van der Waals surface area contributed by atoms with Gasteiger partial charge in [-0.1, -0.05) is 6.07 Å². The highest BCUT2D eigenvalue weighted by Crippen LogP contribution is 1.73. The molecule has 1 aromatic heterocycles. The summed E-state index contributed by atoms with van der Waals surface area (Å²) in [5.74, 6) is -1.43. The van der Waals surface area contributed by atoms with Crippen molar-refractivity contribution < 1.29 is 14.7 Å². The van der Waals surface area contributed by atoms with Gasteiger partial charge in [0, 0.05) is 12.4 Å². The van der Waals surface area contributed by atoms with Crippen molar-refractivity contribution in [2.45, 2.75) is 0 Å². The number of nitrogens with zero attached hydrogens (tertiary/aromatic N) is 1. The summed E-state index contributed by atoms with van der Waals surface area (Å²) in [6.07, 6.45) is 3.33. The van der Waals surface area contributed by atoms with Gasteiger partial charge in [-0.25, -0.2) is 4.79 Å². The molecule has 1 rings (SSSR count). The summed E-state index contributed by atoms with van der Waals surface area (Å²) in [4.78, 5) is 21.7. The van der Waals surface area contributed by atoms with Crippen LogP contribution in [0.3, 0.4) is 0 Å². The van der Waals surface area contributed by atoms with Gasteiger partial charge in [0.25, 0.3) is 0 Å². The van der Waals surface area contributed by atoms with Crippen LogP contribution in [0.5, 0.6) is 0 Å². The molecule has 0 spiro atoms. The molecule has 0 unspecified atom stereocenters. The quantitative estimate of drug-likeness (QED) is 0.467. The fraction of sp³-hybridized carbons (Fsp3) is 0. The predicted molar refractivity (Wildman–Crippen MR) is 37.9 cm³/mol. The summed E-state index contributed by atoms with van der Waals surface area (Å²) in [7, 11) is 0. The number of pyridine rings is 1. The Morgan fingerprint density at radius 1 is 1.27 bits per heavy atom. The van der Waals surface area contributed by atoms with Crippen LogP contribution < -0.4 is 0 Å². The summed E-state index contributed by atoms with van der Waals surface area (Å²) in [5, 5.41) is 7.35. The van der Waals surface area contributed by atoms with Crippen LogP contribution in [0.1, 0.15) is 0 Å². The van der Waals surface area contributed by atoms with E-state index in [1.165, 1.54) is 0 Å². The van der Waals surface area contributed by atoms with Crippen molar-refractivity contribution in [3.63, 3.8) is 0 Å². The average Bonchev–Trinajstić information content (AvgIpc) is 2.09. The maximum atomic E-state index is 9.00. The maximum Gasteiger partial charge on any atom is 0.368 e. The molecule has 58 valence electrons. The van der Waals surface area contributed by atoms with Crippen molar-refractivity contribution in [1.82, 2.24) is 4.98 Å². The van der Waals surface area contributed by atoms with Crippen LogP contribution in [0.15, 0.2) is 30.6 Å². The Balaban J connectivity index is 0.000000187. The number of hydrogen-bond donors (Lipinski definition) is 1. The SMILES string of the molecule is O=CC(=O)O.c1ccncc1. The zero-order valence-corrected chi connectivity index (χ0v) is 5.68. The highest BCUT2D eigenvalue weighted by atomic mass is 16.4. The van der Waals surface area contributed by atoms with E-state index < -0.39 is 5.97 Å². The molecular formula is C7H7NO3. The van der Waals surface area contributed by atoms with Gasteiger partial charge in [0.2, 0.25) is 6.29 Å². The van der Waals surface area contributed by atoms with Gasteiger partial charge in [-0.3, -0.25) is 9.78 Å². The monoisotopic (exact) mass is 153 g/mol. The van der Waals surface area contributed by atoms with Crippen molar-refractivity contribution >= 4 is 12.3 Å². The van der Waals surface area contributed by atoms with Crippen molar-refractivity contribution in [1.29, 1.82) is 0 Å². The summed E-state index contributed by atoms with van der Waals surface area (Å²) in [5.41, 5.74) is 0. The third-order valence-corrected chi connectivity index (χ3v) is 0.667. The van der Waals surface area contributed by atoms with Gasteiger partial charge < -0.3 is 5.11 Å². The summed E-state index contributed by atoms with van der Waals surface area (Å²) in [6, 6.07) is 5.72. The summed E-state index contributed by atoms with van der Waals surface area (Å²) in [6.45, 7) is 0. The van der Waals surface area contributed by atoms with E-state index in [-0.39, 0.29) is 6.29 Å². The molecule has 0 aliphatic rings. The lowest BCUT2D eigenvalue weighted by molar-refractivity contribution is -0.143. The number of rotatable bonds is 1. The molecule has 0 aliphatic carbocycles. The molecule has 11 heavy (non-hydrogen) atoms. The van der Waals surface area contributed by atoms with E-state index in [1.807, 2.05) is 18.2 Å². The molecule has 4 heteroatoms. The molecule has 4 nitrogen and oxygen atoms in total. The fourth-order valence-corrected chi connectivity index (χ4v) is 0.313. The molecule has 1 heterocycles. The lowest BCUT2D eigenvalue weighted by Gasteiger charge is -1.70. The van der Waals surface area contributed by atoms with E-state index in [0.717, 1.165) is 0 Å². The minimum Gasteiger partial charge on any atom is -0.476 e. The number of aliphatic carboxylic acids is 1. The Morgan fingerprint density at radius 3 is 1.82 bits per heavy atom. The minimum atomic E-state index is -1.43. The fourth-order valence-electron chi connectivity index (χ4n) is 0.313. The van der Waals surface area contributed by atoms with Gasteiger partial charge in [0.15, 0.2) is 0 Å². The molecule has 0 atom stereocenters. The Kier molecular flexibility index (Phi) is 5.41. The Hall–Kier alpha value is -1.71. The molecule has 1 aromatic rings. The van der Waals surface area contributed by atoms with E-state index >= 15 is 0 Å². The number of aldehydes is 1. The number of carboxylic acids is 1. The lowest BCUT2D eigenvalue weighted by Crippen LogP contribution is -1.91. The highest BCUT2D eigenvalue weighted by molar-refractivity contribution is 6.19. The van der Waals surface area contributed by atoms with Crippen LogP contribution in [0.4, 0.5) is 0 Å². The van der Waals surface area contributed by atoms with Crippen LogP contribution in [-0.2, 0) is 9.59 Å². The van der Waals surface area contributed by atoms with Crippen LogP contribution >= 0.6 is 0 Å². The lowest BCUT2D eigenvalue weighted by atomic mass is 10.5. The number of carbonyl (C=O) groups is 2. The number of carboxylic acid groups (broad SMARTS) is 1. The maximum absolute atomic E-state index is 9.00. The van der Waals surface area contributed by atoms with Crippen molar-refractivity contribution in [2.24, 2.45) is 0 Å². The Morgan fingerprint density at radius 2 is 1.73 bits per heavy atom. The van der Waals surface area contributed by atoms with E-state index in [0.29, 0.717) is 0 Å². The molecule has 0 saturated heterocycles. The molecule has 0 saturated carbocycles. The summed E-state index contributed by atoms with van der Waals surface area (Å²) >= 11 is 0. The third-order valence-electron chi connectivity index (χ3n) is 0.667. The average molecular weight is 153 g/mol. The number of carbonyl (C=O) groups excluding carboxylic acids is 1. The minimum absolute atomic E-state index is 0.167. The van der Waals surface area contributed by atoms with Crippen LogP contribution in [0, 0.1) is 0 Å². The van der Waals surface area contributed by atoms with E-state index in [1.54, 1.807) is 12.4 Å². The number of hydrogen-bond acceptors (Lipinski definition) is 3. The normalized spacial score (nSPS) is 7.27. The van der Waals surface area contributed by atoms with Crippen LogP contribution in [0.2, 0.25) is 0 Å². The Labute approximate surface area is 63.5 Å². The molecule has 0 aliphatic heterocycles. The highest BCUT2D eigenvalue weighted by Gasteiger charge is 1.80. The van der Waals surface area contributed by atoms with Crippen LogP contribution in [0.25, 0.3) is 0 Å². The van der Waals surface area contributed by atoms with Gasteiger partial charge in [-0.15, -0.1) is 0 Å². The van der Waals surface area contributed by atoms with Gasteiger partial charge in [-0.2, -0.15) is 0 Å². The zero-order valence-electron chi connectivity index (χ0n) is 5.68. The Bertz CT molecular complexity index is 183. The smallest absolute Gasteiger partial charge is 0.368 e. The molecular weight excluding hydrogens is 146 g/mol. The van der Waals surface area contributed by atoms with Crippen molar-refractivity contribution in [3.05, 3.63) is 30.6 Å². The molecule has 0 radical (unpaired) electrons. The zero-order chi connectivity index (χ0) is 8.53. The first kappa shape index (κ1) is 9.29. The molecule has 0 amide bonds. The standard InChI is InChI=1S/C5H5N.C2H2O3/c1-2-4-6-5-3-1;3-1-2(4)5/h1-5H;1H,(H,4,5). The van der Waals surface area contributed by atoms with Crippen molar-refractivity contribution in [2.75, 3.05) is 0 Å². The predicted octanol–water partition coefficient (Wildman–Crippen LogP) is 0.352. The second-order valence-corrected chi connectivity index (χ2v) is 1.48. The van der Waals surface area contributed by atoms with Gasteiger partial charge in [0.1, 0.15) is 0 Å². The van der Waals surface area contributed by atoms with Gasteiger partial charge in [-0.05, 0) is 12.1 Å². The first-order chi connectivity index (χ1) is 5.27. The summed E-state index contributed by atoms with van der Waals surface area (Å²) < 4.78 is 0. The first-order valence-electron chi connectivity index (χ1n) is 2.80. The molecule has 0 fully saturated rings. The van der Waals surface area contributed by atoms with Crippen LogP contribution in [-0.4, -0.2) is 22.3 Å². The molecule has 0 bridgehead atoms. The topological polar surface area (TPSA) is 67.3 Å². The van der Waals surface area contributed by atoms with E-state index in [9.17, 15) is 0 Å². The third kappa shape index (κ3) is 8.29.